The van der Waals surface area contributed by atoms with Crippen LogP contribution < -0.4 is 5.32 Å². The number of hydrogen-bond donors (Lipinski definition) is 2. The fourth-order valence-corrected chi connectivity index (χ4v) is 2.98. The van der Waals surface area contributed by atoms with Gasteiger partial charge in [0, 0.05) is 13.1 Å². The molecule has 1 aromatic carbocycles. The minimum atomic E-state index is -0.610. The first-order valence-corrected chi connectivity index (χ1v) is 6.41. The summed E-state index contributed by atoms with van der Waals surface area (Å²) in [5, 5.41) is 14.0. The number of aliphatic hydroxyl groups is 1. The molecule has 3 rings (SSSR count). The molecule has 0 saturated carbocycles. The van der Waals surface area contributed by atoms with Crippen molar-refractivity contribution in [3.8, 4) is 0 Å². The Morgan fingerprint density at radius 1 is 1.18 bits per heavy atom. The van der Waals surface area contributed by atoms with Crippen LogP contribution in [0.5, 0.6) is 0 Å². The van der Waals surface area contributed by atoms with E-state index in [-0.39, 0.29) is 0 Å². The van der Waals surface area contributed by atoms with Crippen molar-refractivity contribution in [2.45, 2.75) is 31.5 Å². The Morgan fingerprint density at radius 2 is 1.88 bits per heavy atom. The second kappa shape index (κ2) is 4.09. The average molecular weight is 232 g/mol. The smallest absolute Gasteiger partial charge is 0.0920 e. The van der Waals surface area contributed by atoms with E-state index in [1.807, 2.05) is 0 Å². The molecule has 2 aliphatic rings. The summed E-state index contributed by atoms with van der Waals surface area (Å²) in [5.41, 5.74) is 3.29. The first-order valence-electron chi connectivity index (χ1n) is 6.41. The number of piperidine rings is 1. The van der Waals surface area contributed by atoms with Crippen LogP contribution in [0.15, 0.2) is 18.2 Å². The predicted octanol–water partition coefficient (Wildman–Crippen LogP) is 1.20. The summed E-state index contributed by atoms with van der Waals surface area (Å²) in [6, 6.07) is 6.52. The third-order valence-electron chi connectivity index (χ3n) is 4.05. The van der Waals surface area contributed by atoms with Crippen LogP contribution in [0.25, 0.3) is 0 Å². The SMILES string of the molecule is CN1Cc2ccc(C3(O)CCNCC3)cc2C1. The van der Waals surface area contributed by atoms with Gasteiger partial charge in [-0.15, -0.1) is 0 Å². The highest BCUT2D eigenvalue weighted by atomic mass is 16.3. The third-order valence-corrected chi connectivity index (χ3v) is 4.05. The highest BCUT2D eigenvalue weighted by molar-refractivity contribution is 5.37. The zero-order valence-corrected chi connectivity index (χ0v) is 10.4. The highest BCUT2D eigenvalue weighted by Gasteiger charge is 2.32. The number of fused-ring (bicyclic) bond motifs is 1. The lowest BCUT2D eigenvalue weighted by molar-refractivity contribution is 0.00587. The van der Waals surface area contributed by atoms with Gasteiger partial charge in [-0.2, -0.15) is 0 Å². The molecule has 0 amide bonds. The summed E-state index contributed by atoms with van der Waals surface area (Å²) in [6.45, 7) is 3.87. The Kier molecular flexibility index (Phi) is 2.69. The van der Waals surface area contributed by atoms with Gasteiger partial charge in [0.2, 0.25) is 0 Å². The predicted molar refractivity (Wildman–Crippen MR) is 67.6 cm³/mol. The summed E-state index contributed by atoms with van der Waals surface area (Å²) in [6.07, 6.45) is 1.64. The van der Waals surface area contributed by atoms with Crippen LogP contribution >= 0.6 is 0 Å². The van der Waals surface area contributed by atoms with E-state index in [0.717, 1.165) is 44.6 Å². The number of nitrogens with one attached hydrogen (secondary N) is 1. The quantitative estimate of drug-likeness (QED) is 0.764. The molecular weight excluding hydrogens is 212 g/mol. The minimum absolute atomic E-state index is 0.610. The molecule has 3 nitrogen and oxygen atoms in total. The van der Waals surface area contributed by atoms with Crippen LogP contribution in [-0.2, 0) is 18.7 Å². The van der Waals surface area contributed by atoms with E-state index in [2.05, 4.69) is 35.5 Å². The number of nitrogens with zero attached hydrogens (tertiary/aromatic N) is 1. The van der Waals surface area contributed by atoms with Gasteiger partial charge < -0.3 is 10.4 Å². The highest BCUT2D eigenvalue weighted by Crippen LogP contribution is 2.33. The molecule has 0 atom stereocenters. The Balaban J connectivity index is 1.91. The molecule has 0 unspecified atom stereocenters. The fourth-order valence-electron chi connectivity index (χ4n) is 2.98. The van der Waals surface area contributed by atoms with Crippen molar-refractivity contribution in [2.75, 3.05) is 20.1 Å². The van der Waals surface area contributed by atoms with Gasteiger partial charge >= 0.3 is 0 Å². The maximum absolute atomic E-state index is 10.7. The second-order valence-electron chi connectivity index (χ2n) is 5.44. The van der Waals surface area contributed by atoms with Crippen molar-refractivity contribution in [3.63, 3.8) is 0 Å². The second-order valence-corrected chi connectivity index (χ2v) is 5.44. The molecule has 1 saturated heterocycles. The molecule has 3 heteroatoms. The molecule has 1 aromatic rings. The van der Waals surface area contributed by atoms with E-state index < -0.39 is 5.60 Å². The molecular formula is C14H20N2O. The standard InChI is InChI=1S/C14H20N2O/c1-16-9-11-2-3-13(8-12(11)10-16)14(17)4-6-15-7-5-14/h2-3,8,15,17H,4-7,9-10H2,1H3. The average Bonchev–Trinajstić information content (AvgIpc) is 2.69. The van der Waals surface area contributed by atoms with E-state index in [4.69, 9.17) is 0 Å². The van der Waals surface area contributed by atoms with E-state index in [1.165, 1.54) is 11.1 Å². The maximum atomic E-state index is 10.7. The molecule has 2 N–H and O–H groups in total. The largest absolute Gasteiger partial charge is 0.385 e. The normalized spacial score (nSPS) is 23.6. The first-order chi connectivity index (χ1) is 8.17. The topological polar surface area (TPSA) is 35.5 Å². The molecule has 0 aliphatic carbocycles. The van der Waals surface area contributed by atoms with Crippen molar-refractivity contribution in [2.24, 2.45) is 0 Å². The van der Waals surface area contributed by atoms with E-state index in [1.54, 1.807) is 0 Å². The van der Waals surface area contributed by atoms with Gasteiger partial charge in [-0.05, 0) is 49.7 Å². The van der Waals surface area contributed by atoms with Crippen LogP contribution in [0.3, 0.4) is 0 Å². The van der Waals surface area contributed by atoms with Gasteiger partial charge in [0.1, 0.15) is 0 Å². The Bertz CT molecular complexity index is 424. The zero-order valence-electron chi connectivity index (χ0n) is 10.4. The summed E-state index contributed by atoms with van der Waals surface area (Å²) >= 11 is 0. The number of benzene rings is 1. The number of rotatable bonds is 1. The minimum Gasteiger partial charge on any atom is -0.385 e. The Hall–Kier alpha value is -0.900. The van der Waals surface area contributed by atoms with Crippen molar-refractivity contribution in [1.29, 1.82) is 0 Å². The molecule has 0 radical (unpaired) electrons. The van der Waals surface area contributed by atoms with E-state index >= 15 is 0 Å². The number of hydrogen-bond acceptors (Lipinski definition) is 3. The van der Waals surface area contributed by atoms with Crippen molar-refractivity contribution in [3.05, 3.63) is 34.9 Å². The molecule has 0 spiro atoms. The lowest BCUT2D eigenvalue weighted by Gasteiger charge is -2.33. The third kappa shape index (κ3) is 1.99. The summed E-state index contributed by atoms with van der Waals surface area (Å²) in [5.74, 6) is 0. The summed E-state index contributed by atoms with van der Waals surface area (Å²) < 4.78 is 0. The van der Waals surface area contributed by atoms with Crippen LogP contribution in [0.2, 0.25) is 0 Å². The van der Waals surface area contributed by atoms with Crippen LogP contribution in [0.1, 0.15) is 29.5 Å². The van der Waals surface area contributed by atoms with Crippen molar-refractivity contribution in [1.82, 2.24) is 10.2 Å². The van der Waals surface area contributed by atoms with E-state index in [9.17, 15) is 5.11 Å². The lowest BCUT2D eigenvalue weighted by atomic mass is 9.84. The van der Waals surface area contributed by atoms with E-state index in [0.29, 0.717) is 0 Å². The monoisotopic (exact) mass is 232 g/mol. The molecule has 0 aromatic heterocycles. The van der Waals surface area contributed by atoms with Crippen molar-refractivity contribution < 1.29 is 5.11 Å². The van der Waals surface area contributed by atoms with Gasteiger partial charge in [0.15, 0.2) is 0 Å². The maximum Gasteiger partial charge on any atom is 0.0920 e. The Morgan fingerprint density at radius 3 is 2.65 bits per heavy atom. The summed E-state index contributed by atoms with van der Waals surface area (Å²) in [4.78, 5) is 2.31. The van der Waals surface area contributed by atoms with Crippen LogP contribution in [0, 0.1) is 0 Å². The summed E-state index contributed by atoms with van der Waals surface area (Å²) in [7, 11) is 2.14. The lowest BCUT2D eigenvalue weighted by Crippen LogP contribution is -2.39. The van der Waals surface area contributed by atoms with Crippen LogP contribution in [-0.4, -0.2) is 30.1 Å². The van der Waals surface area contributed by atoms with Gasteiger partial charge in [-0.25, -0.2) is 0 Å². The van der Waals surface area contributed by atoms with Gasteiger partial charge in [0.05, 0.1) is 5.60 Å². The van der Waals surface area contributed by atoms with Gasteiger partial charge in [0.25, 0.3) is 0 Å². The molecule has 1 fully saturated rings. The fraction of sp³-hybridized carbons (Fsp3) is 0.571. The van der Waals surface area contributed by atoms with Crippen LogP contribution in [0.4, 0.5) is 0 Å². The molecule has 17 heavy (non-hydrogen) atoms. The molecule has 2 heterocycles. The van der Waals surface area contributed by atoms with Gasteiger partial charge in [-0.1, -0.05) is 18.2 Å². The zero-order chi connectivity index (χ0) is 11.9. The molecule has 0 bridgehead atoms. The Labute approximate surface area is 102 Å². The first kappa shape index (κ1) is 11.2. The van der Waals surface area contributed by atoms with Crippen molar-refractivity contribution >= 4 is 0 Å². The van der Waals surface area contributed by atoms with Gasteiger partial charge in [-0.3, -0.25) is 4.90 Å². The molecule has 2 aliphatic heterocycles. The molecule has 92 valence electrons.